The van der Waals surface area contributed by atoms with Gasteiger partial charge in [0.05, 0.1) is 6.10 Å². The molecule has 1 aliphatic rings. The molecule has 1 fully saturated rings. The number of carbonyl (C=O) groups excluding carboxylic acids is 1. The lowest BCUT2D eigenvalue weighted by atomic mass is 10.1. The molecule has 0 aromatic rings. The number of hydrogen-bond acceptors (Lipinski definition) is 3. The maximum atomic E-state index is 12.5. The van der Waals surface area contributed by atoms with Gasteiger partial charge in [-0.3, -0.25) is 4.79 Å². The molecule has 1 aliphatic heterocycles. The van der Waals surface area contributed by atoms with Crippen LogP contribution in [0, 0.1) is 0 Å². The van der Waals surface area contributed by atoms with Gasteiger partial charge >= 0.3 is 12.3 Å². The fraction of sp³-hybridized carbons (Fsp3) is 0.909. The van der Waals surface area contributed by atoms with Crippen molar-refractivity contribution in [3.63, 3.8) is 0 Å². The molecule has 1 saturated heterocycles. The van der Waals surface area contributed by atoms with Crippen molar-refractivity contribution < 1.29 is 27.1 Å². The van der Waals surface area contributed by atoms with Crippen LogP contribution >= 0.6 is 0 Å². The predicted molar refractivity (Wildman–Crippen MR) is 60.4 cm³/mol. The summed E-state index contributed by atoms with van der Waals surface area (Å²) in [5, 5.41) is 4.95. The first-order chi connectivity index (χ1) is 8.94. The highest BCUT2D eigenvalue weighted by Gasteiger charge is 2.48. The second-order valence-electron chi connectivity index (χ2n) is 4.35. The monoisotopic (exact) mass is 286 g/mol. The Hall–Kier alpha value is -0.890. The average molecular weight is 286 g/mol. The van der Waals surface area contributed by atoms with Gasteiger partial charge in [0.15, 0.2) is 0 Å². The molecule has 112 valence electrons. The van der Waals surface area contributed by atoms with E-state index in [-0.39, 0.29) is 12.6 Å². The van der Waals surface area contributed by atoms with Crippen LogP contribution in [0.2, 0.25) is 0 Å². The van der Waals surface area contributed by atoms with Crippen molar-refractivity contribution in [2.24, 2.45) is 0 Å². The van der Waals surface area contributed by atoms with E-state index in [4.69, 9.17) is 4.74 Å². The molecule has 0 unspecified atom stereocenters. The van der Waals surface area contributed by atoms with E-state index >= 15 is 0 Å². The van der Waals surface area contributed by atoms with Crippen LogP contribution in [0.3, 0.4) is 0 Å². The van der Waals surface area contributed by atoms with Gasteiger partial charge in [-0.05, 0) is 32.4 Å². The normalized spacial score (nSPS) is 17.7. The van der Waals surface area contributed by atoms with Crippen molar-refractivity contribution >= 4 is 5.91 Å². The van der Waals surface area contributed by atoms with Crippen LogP contribution in [0.25, 0.3) is 0 Å². The van der Waals surface area contributed by atoms with Crippen molar-refractivity contribution in [2.45, 2.75) is 37.7 Å². The lowest BCUT2D eigenvalue weighted by Gasteiger charge is -2.23. The van der Waals surface area contributed by atoms with E-state index in [0.29, 0.717) is 13.0 Å². The van der Waals surface area contributed by atoms with E-state index in [1.165, 1.54) is 0 Å². The summed E-state index contributed by atoms with van der Waals surface area (Å²) in [4.78, 5) is 10.8. The largest absolute Gasteiger partial charge is 0.383 e. The summed E-state index contributed by atoms with van der Waals surface area (Å²) in [6.45, 7) is 1.96. The molecule has 0 radical (unpaired) electrons. The molecule has 0 spiro atoms. The second-order valence-corrected chi connectivity index (χ2v) is 4.35. The Kier molecular flexibility index (Phi) is 6.50. The van der Waals surface area contributed by atoms with Crippen LogP contribution in [0.5, 0.6) is 0 Å². The number of ether oxygens (including phenoxy) is 1. The van der Waals surface area contributed by atoms with Gasteiger partial charge in [0, 0.05) is 13.2 Å². The fourth-order valence-electron chi connectivity index (χ4n) is 1.70. The summed E-state index contributed by atoms with van der Waals surface area (Å²) in [6, 6.07) is 0. The van der Waals surface area contributed by atoms with E-state index in [2.05, 4.69) is 5.32 Å². The SMILES string of the molecule is O=C(NCCCOC1CCNCC1)C(F)(F)C(F)F. The molecule has 0 aliphatic carbocycles. The summed E-state index contributed by atoms with van der Waals surface area (Å²) in [7, 11) is 0. The Labute approximate surface area is 108 Å². The quantitative estimate of drug-likeness (QED) is 0.545. The number of carbonyl (C=O) groups is 1. The van der Waals surface area contributed by atoms with Crippen molar-refractivity contribution in [3.8, 4) is 0 Å². The minimum absolute atomic E-state index is 0.105. The summed E-state index contributed by atoms with van der Waals surface area (Å²) in [6.07, 6.45) is -1.77. The smallest absolute Gasteiger partial charge is 0.378 e. The first-order valence-corrected chi connectivity index (χ1v) is 6.21. The highest BCUT2D eigenvalue weighted by molar-refractivity contribution is 5.83. The van der Waals surface area contributed by atoms with Gasteiger partial charge < -0.3 is 15.4 Å². The predicted octanol–water partition coefficient (Wildman–Crippen LogP) is 1.16. The van der Waals surface area contributed by atoms with Crippen molar-refractivity contribution in [2.75, 3.05) is 26.2 Å². The highest BCUT2D eigenvalue weighted by Crippen LogP contribution is 2.22. The zero-order valence-corrected chi connectivity index (χ0v) is 10.4. The lowest BCUT2D eigenvalue weighted by Crippen LogP contribution is -2.45. The standard InChI is InChI=1S/C11H18F4N2O2/c12-9(13)11(14,15)10(18)17-4-1-7-19-8-2-5-16-6-3-8/h8-9,16H,1-7H2,(H,17,18). The van der Waals surface area contributed by atoms with Gasteiger partial charge in [0.2, 0.25) is 0 Å². The van der Waals surface area contributed by atoms with Crippen LogP contribution in [-0.2, 0) is 9.53 Å². The molecule has 0 bridgehead atoms. The number of alkyl halides is 4. The van der Waals surface area contributed by atoms with Gasteiger partial charge in [0.1, 0.15) is 0 Å². The third-order valence-electron chi connectivity index (χ3n) is 2.82. The molecule has 1 rings (SSSR count). The van der Waals surface area contributed by atoms with Crippen LogP contribution < -0.4 is 10.6 Å². The number of piperidine rings is 1. The summed E-state index contributed by atoms with van der Waals surface area (Å²) >= 11 is 0. The van der Waals surface area contributed by atoms with Crippen LogP contribution in [-0.4, -0.2) is 50.6 Å². The van der Waals surface area contributed by atoms with E-state index in [1.807, 2.05) is 0 Å². The van der Waals surface area contributed by atoms with Gasteiger partial charge in [-0.1, -0.05) is 0 Å². The first kappa shape index (κ1) is 16.2. The Morgan fingerprint density at radius 1 is 1.37 bits per heavy atom. The Balaban J connectivity index is 2.08. The zero-order valence-electron chi connectivity index (χ0n) is 10.4. The summed E-state index contributed by atoms with van der Waals surface area (Å²) in [5.41, 5.74) is 0. The minimum atomic E-state index is -4.63. The molecule has 4 nitrogen and oxygen atoms in total. The van der Waals surface area contributed by atoms with Crippen LogP contribution in [0.15, 0.2) is 0 Å². The maximum absolute atomic E-state index is 12.5. The van der Waals surface area contributed by atoms with E-state index in [1.54, 1.807) is 5.32 Å². The lowest BCUT2D eigenvalue weighted by molar-refractivity contribution is -0.169. The van der Waals surface area contributed by atoms with Crippen LogP contribution in [0.1, 0.15) is 19.3 Å². The Morgan fingerprint density at radius 2 is 2.00 bits per heavy atom. The van der Waals surface area contributed by atoms with Crippen molar-refractivity contribution in [1.29, 1.82) is 0 Å². The molecule has 8 heteroatoms. The van der Waals surface area contributed by atoms with E-state index < -0.39 is 18.3 Å². The topological polar surface area (TPSA) is 50.4 Å². The third kappa shape index (κ3) is 5.32. The van der Waals surface area contributed by atoms with Gasteiger partial charge in [-0.25, -0.2) is 8.78 Å². The molecule has 19 heavy (non-hydrogen) atoms. The molecule has 1 amide bonds. The molecule has 0 aromatic carbocycles. The Bertz CT molecular complexity index is 284. The summed E-state index contributed by atoms with van der Waals surface area (Å²) < 4.78 is 54.2. The molecule has 2 N–H and O–H groups in total. The molecule has 0 atom stereocenters. The first-order valence-electron chi connectivity index (χ1n) is 6.21. The van der Waals surface area contributed by atoms with Crippen LogP contribution in [0.4, 0.5) is 17.6 Å². The number of amides is 1. The fourth-order valence-corrected chi connectivity index (χ4v) is 1.70. The minimum Gasteiger partial charge on any atom is -0.378 e. The molecular weight excluding hydrogens is 268 g/mol. The second kappa shape index (κ2) is 7.64. The molecular formula is C11H18F4N2O2. The third-order valence-corrected chi connectivity index (χ3v) is 2.82. The van der Waals surface area contributed by atoms with E-state index in [9.17, 15) is 22.4 Å². The van der Waals surface area contributed by atoms with E-state index in [0.717, 1.165) is 25.9 Å². The highest BCUT2D eigenvalue weighted by atomic mass is 19.3. The number of rotatable bonds is 7. The zero-order chi connectivity index (χ0) is 14.3. The maximum Gasteiger partial charge on any atom is 0.383 e. The van der Waals surface area contributed by atoms with Crippen molar-refractivity contribution in [1.82, 2.24) is 10.6 Å². The number of nitrogens with one attached hydrogen (secondary N) is 2. The van der Waals surface area contributed by atoms with Gasteiger partial charge in [0.25, 0.3) is 5.91 Å². The average Bonchev–Trinajstić information content (AvgIpc) is 2.39. The molecule has 0 saturated carbocycles. The number of hydrogen-bond donors (Lipinski definition) is 2. The number of halogens is 4. The molecule has 1 heterocycles. The van der Waals surface area contributed by atoms with Crippen molar-refractivity contribution in [3.05, 3.63) is 0 Å². The Morgan fingerprint density at radius 3 is 2.58 bits per heavy atom. The van der Waals surface area contributed by atoms with Gasteiger partial charge in [-0.15, -0.1) is 0 Å². The molecule has 0 aromatic heterocycles. The summed E-state index contributed by atoms with van der Waals surface area (Å²) in [5.74, 6) is -6.57. The van der Waals surface area contributed by atoms with Gasteiger partial charge in [-0.2, -0.15) is 8.78 Å².